The van der Waals surface area contributed by atoms with E-state index in [1.807, 2.05) is 0 Å². The molecule has 0 aliphatic heterocycles. The second-order valence-electron chi connectivity index (χ2n) is 7.11. The van der Waals surface area contributed by atoms with Crippen molar-refractivity contribution in [2.24, 2.45) is 23.5 Å². The van der Waals surface area contributed by atoms with Crippen LogP contribution in [0.3, 0.4) is 0 Å². The lowest BCUT2D eigenvalue weighted by molar-refractivity contribution is 0.0729. The summed E-state index contributed by atoms with van der Waals surface area (Å²) in [7, 11) is 0. The molecule has 3 fully saturated rings. The Morgan fingerprint density at radius 3 is 2.44 bits per heavy atom. The lowest BCUT2D eigenvalue weighted by Crippen LogP contribution is -2.53. The maximum Gasteiger partial charge on any atom is 0.0331 e. The van der Waals surface area contributed by atoms with E-state index in [0.29, 0.717) is 5.54 Å². The molecule has 0 radical (unpaired) electrons. The summed E-state index contributed by atoms with van der Waals surface area (Å²) < 4.78 is 0. The highest BCUT2D eigenvalue weighted by atomic mass is 15.2. The fraction of sp³-hybridized carbons (Fsp3) is 1.00. The van der Waals surface area contributed by atoms with E-state index in [0.717, 1.165) is 24.3 Å². The van der Waals surface area contributed by atoms with Gasteiger partial charge in [0.15, 0.2) is 0 Å². The molecule has 0 aromatic rings. The number of likely N-dealkylation sites (N-methyl/N-ethyl adjacent to an activating group) is 1. The van der Waals surface area contributed by atoms with Gasteiger partial charge in [0.1, 0.15) is 0 Å². The highest BCUT2D eigenvalue weighted by Crippen LogP contribution is 2.49. The zero-order valence-electron chi connectivity index (χ0n) is 12.0. The molecule has 18 heavy (non-hydrogen) atoms. The fourth-order valence-corrected chi connectivity index (χ4v) is 5.22. The van der Waals surface area contributed by atoms with E-state index in [9.17, 15) is 0 Å². The van der Waals surface area contributed by atoms with E-state index >= 15 is 0 Å². The summed E-state index contributed by atoms with van der Waals surface area (Å²) >= 11 is 0. The zero-order chi connectivity index (χ0) is 12.6. The highest BCUT2D eigenvalue weighted by Gasteiger charge is 2.43. The van der Waals surface area contributed by atoms with Crippen molar-refractivity contribution in [1.29, 1.82) is 0 Å². The summed E-state index contributed by atoms with van der Waals surface area (Å²) in [6.07, 6.45) is 11.6. The molecule has 2 N–H and O–H groups in total. The van der Waals surface area contributed by atoms with E-state index in [2.05, 4.69) is 11.8 Å². The van der Waals surface area contributed by atoms with Gasteiger partial charge in [-0.15, -0.1) is 0 Å². The van der Waals surface area contributed by atoms with Gasteiger partial charge in [-0.05, 0) is 56.4 Å². The number of rotatable bonds is 5. The van der Waals surface area contributed by atoms with E-state index < -0.39 is 0 Å². The van der Waals surface area contributed by atoms with Crippen molar-refractivity contribution in [2.75, 3.05) is 19.6 Å². The third kappa shape index (κ3) is 2.12. The lowest BCUT2D eigenvalue weighted by atomic mass is 9.86. The van der Waals surface area contributed by atoms with Crippen LogP contribution in [0.4, 0.5) is 0 Å². The molecule has 0 saturated heterocycles. The van der Waals surface area contributed by atoms with Gasteiger partial charge in [0, 0.05) is 18.6 Å². The molecule has 2 nitrogen and oxygen atoms in total. The van der Waals surface area contributed by atoms with Crippen LogP contribution in [-0.4, -0.2) is 30.1 Å². The Bertz CT molecular complexity index is 283. The quantitative estimate of drug-likeness (QED) is 0.812. The van der Waals surface area contributed by atoms with Crippen LogP contribution < -0.4 is 5.73 Å². The molecule has 3 aliphatic carbocycles. The van der Waals surface area contributed by atoms with Crippen LogP contribution in [0.25, 0.3) is 0 Å². The van der Waals surface area contributed by atoms with E-state index in [-0.39, 0.29) is 0 Å². The summed E-state index contributed by atoms with van der Waals surface area (Å²) in [5, 5.41) is 0. The minimum absolute atomic E-state index is 0.372. The first kappa shape index (κ1) is 12.9. The normalized spacial score (nSPS) is 37.8. The Labute approximate surface area is 112 Å². The zero-order valence-corrected chi connectivity index (χ0v) is 12.0. The maximum atomic E-state index is 6.15. The van der Waals surface area contributed by atoms with Gasteiger partial charge in [0.2, 0.25) is 0 Å². The second-order valence-corrected chi connectivity index (χ2v) is 7.11. The molecule has 3 atom stereocenters. The summed E-state index contributed by atoms with van der Waals surface area (Å²) in [5.41, 5.74) is 6.53. The molecular formula is C16H30N2. The maximum absolute atomic E-state index is 6.15. The van der Waals surface area contributed by atoms with Crippen molar-refractivity contribution in [3.05, 3.63) is 0 Å². The molecule has 0 heterocycles. The molecule has 3 rings (SSSR count). The summed E-state index contributed by atoms with van der Waals surface area (Å²) in [4.78, 5) is 2.77. The Morgan fingerprint density at radius 1 is 1.17 bits per heavy atom. The van der Waals surface area contributed by atoms with Gasteiger partial charge in [-0.25, -0.2) is 0 Å². The first-order valence-corrected chi connectivity index (χ1v) is 8.22. The van der Waals surface area contributed by atoms with Crippen LogP contribution in [0.1, 0.15) is 58.3 Å². The van der Waals surface area contributed by atoms with Crippen molar-refractivity contribution < 1.29 is 0 Å². The monoisotopic (exact) mass is 250 g/mol. The summed E-state index contributed by atoms with van der Waals surface area (Å²) in [5.74, 6) is 3.13. The second kappa shape index (κ2) is 5.13. The van der Waals surface area contributed by atoms with E-state index in [1.165, 1.54) is 64.5 Å². The van der Waals surface area contributed by atoms with Crippen LogP contribution in [0, 0.1) is 17.8 Å². The molecule has 104 valence electrons. The van der Waals surface area contributed by atoms with Crippen molar-refractivity contribution in [3.63, 3.8) is 0 Å². The molecule has 0 aromatic carbocycles. The molecular weight excluding hydrogens is 220 g/mol. The number of fused-ring (bicyclic) bond motifs is 2. The summed E-state index contributed by atoms with van der Waals surface area (Å²) in [6, 6.07) is 0. The lowest BCUT2D eigenvalue weighted by Gasteiger charge is -2.42. The average molecular weight is 250 g/mol. The minimum atomic E-state index is 0.372. The van der Waals surface area contributed by atoms with Gasteiger partial charge < -0.3 is 5.73 Å². The van der Waals surface area contributed by atoms with Crippen LogP contribution in [0.5, 0.6) is 0 Å². The topological polar surface area (TPSA) is 29.3 Å². The van der Waals surface area contributed by atoms with E-state index in [4.69, 9.17) is 5.73 Å². The smallest absolute Gasteiger partial charge is 0.0331 e. The minimum Gasteiger partial charge on any atom is -0.329 e. The largest absolute Gasteiger partial charge is 0.329 e. The molecule has 2 bridgehead atoms. The van der Waals surface area contributed by atoms with Gasteiger partial charge in [0.05, 0.1) is 0 Å². The number of nitrogens with zero attached hydrogens (tertiary/aromatic N) is 1. The molecule has 3 aliphatic rings. The van der Waals surface area contributed by atoms with Gasteiger partial charge in [-0.2, -0.15) is 0 Å². The van der Waals surface area contributed by atoms with Crippen LogP contribution in [0.15, 0.2) is 0 Å². The molecule has 0 spiro atoms. The summed E-state index contributed by atoms with van der Waals surface area (Å²) in [6.45, 7) is 5.75. The number of hydrogen-bond donors (Lipinski definition) is 1. The van der Waals surface area contributed by atoms with E-state index in [1.54, 1.807) is 0 Å². The van der Waals surface area contributed by atoms with Crippen molar-refractivity contribution in [2.45, 2.75) is 63.8 Å². The van der Waals surface area contributed by atoms with Gasteiger partial charge >= 0.3 is 0 Å². The SMILES string of the molecule is CCN(CC1CC2CCC1C2)C1(CN)CCCC1. The van der Waals surface area contributed by atoms with Crippen LogP contribution in [0.2, 0.25) is 0 Å². The highest BCUT2D eigenvalue weighted by molar-refractivity contribution is 4.98. The van der Waals surface area contributed by atoms with Gasteiger partial charge in [0.25, 0.3) is 0 Å². The fourth-order valence-electron chi connectivity index (χ4n) is 5.22. The van der Waals surface area contributed by atoms with Crippen LogP contribution in [-0.2, 0) is 0 Å². The van der Waals surface area contributed by atoms with Crippen molar-refractivity contribution in [1.82, 2.24) is 4.90 Å². The molecule has 0 aromatic heterocycles. The van der Waals surface area contributed by atoms with Crippen molar-refractivity contribution >= 4 is 0 Å². The Kier molecular flexibility index (Phi) is 3.68. The van der Waals surface area contributed by atoms with Gasteiger partial charge in [-0.1, -0.05) is 26.2 Å². The molecule has 3 saturated carbocycles. The first-order valence-electron chi connectivity index (χ1n) is 8.22. The molecule has 2 heteroatoms. The Hall–Kier alpha value is -0.0800. The Balaban J connectivity index is 1.65. The molecule has 3 unspecified atom stereocenters. The van der Waals surface area contributed by atoms with Gasteiger partial charge in [-0.3, -0.25) is 4.90 Å². The average Bonchev–Trinajstić information content (AvgIpc) is 3.11. The standard InChI is InChI=1S/C16H30N2/c1-2-18(16(12-17)7-3-4-8-16)11-15-10-13-5-6-14(15)9-13/h13-15H,2-12,17H2,1H3. The predicted molar refractivity (Wildman–Crippen MR) is 76.4 cm³/mol. The Morgan fingerprint density at radius 2 is 1.94 bits per heavy atom. The third-order valence-corrected chi connectivity index (χ3v) is 6.31. The number of nitrogens with two attached hydrogens (primary N) is 1. The third-order valence-electron chi connectivity index (χ3n) is 6.31. The van der Waals surface area contributed by atoms with Crippen molar-refractivity contribution in [3.8, 4) is 0 Å². The molecule has 0 amide bonds. The van der Waals surface area contributed by atoms with Crippen LogP contribution >= 0.6 is 0 Å². The number of hydrogen-bond acceptors (Lipinski definition) is 2. The predicted octanol–water partition coefficient (Wildman–Crippen LogP) is 3.02. The first-order chi connectivity index (χ1) is 8.77.